The molecule has 0 radical (unpaired) electrons. The Balaban J connectivity index is 1.54. The van der Waals surface area contributed by atoms with Crippen LogP contribution in [0, 0.1) is 0 Å². The van der Waals surface area contributed by atoms with Gasteiger partial charge in [-0.15, -0.1) is 0 Å². The third kappa shape index (κ3) is 4.31. The molecule has 4 aromatic rings. The Morgan fingerprint density at radius 1 is 1.00 bits per heavy atom. The number of hydrogen-bond donors (Lipinski definition) is 2. The number of halogens is 4. The molecule has 0 bridgehead atoms. The van der Waals surface area contributed by atoms with E-state index >= 15 is 0 Å². The Bertz CT molecular complexity index is 1440. The van der Waals surface area contributed by atoms with Crippen molar-refractivity contribution < 1.29 is 13.2 Å². The summed E-state index contributed by atoms with van der Waals surface area (Å²) in [5.74, 6) is 0. The first-order chi connectivity index (χ1) is 16.3. The molecule has 1 unspecified atom stereocenters. The highest BCUT2D eigenvalue weighted by atomic mass is 35.5. The van der Waals surface area contributed by atoms with Crippen molar-refractivity contribution in [2.24, 2.45) is 5.10 Å². The summed E-state index contributed by atoms with van der Waals surface area (Å²) in [7, 11) is 0. The first-order valence-corrected chi connectivity index (χ1v) is 11.1. The van der Waals surface area contributed by atoms with E-state index < -0.39 is 11.7 Å². The van der Waals surface area contributed by atoms with Gasteiger partial charge in [0.25, 0.3) is 5.56 Å². The van der Waals surface area contributed by atoms with E-state index in [0.717, 1.165) is 28.6 Å². The quantitative estimate of drug-likeness (QED) is 0.363. The van der Waals surface area contributed by atoms with Crippen LogP contribution < -0.4 is 11.0 Å². The van der Waals surface area contributed by atoms with Crippen LogP contribution in [0.15, 0.2) is 82.7 Å². The van der Waals surface area contributed by atoms with Gasteiger partial charge in [-0.2, -0.15) is 18.3 Å². The Hall–Kier alpha value is -3.58. The zero-order valence-corrected chi connectivity index (χ0v) is 18.5. The zero-order valence-electron chi connectivity index (χ0n) is 17.8. The van der Waals surface area contributed by atoms with Crippen LogP contribution in [-0.4, -0.2) is 10.7 Å². The van der Waals surface area contributed by atoms with Crippen molar-refractivity contribution in [1.29, 1.82) is 0 Å². The van der Waals surface area contributed by atoms with Crippen LogP contribution in [-0.2, 0) is 12.6 Å². The van der Waals surface area contributed by atoms with Gasteiger partial charge in [-0.05, 0) is 53.4 Å². The van der Waals surface area contributed by atoms with Crippen molar-refractivity contribution in [2.75, 3.05) is 0 Å². The number of hydrazone groups is 1. The maximum Gasteiger partial charge on any atom is 0.416 e. The molecule has 0 aliphatic carbocycles. The first kappa shape index (κ1) is 22.2. The number of H-pyrrole nitrogens is 1. The number of aromatic amines is 1. The zero-order chi connectivity index (χ0) is 23.9. The summed E-state index contributed by atoms with van der Waals surface area (Å²) in [4.78, 5) is 16.1. The van der Waals surface area contributed by atoms with Gasteiger partial charge in [-0.3, -0.25) is 4.79 Å². The second kappa shape index (κ2) is 8.65. The third-order valence-electron chi connectivity index (χ3n) is 5.99. The molecule has 8 heteroatoms. The van der Waals surface area contributed by atoms with Crippen molar-refractivity contribution in [2.45, 2.75) is 25.1 Å². The molecule has 4 nitrogen and oxygen atoms in total. The molecule has 0 saturated carbocycles. The van der Waals surface area contributed by atoms with Gasteiger partial charge in [0.2, 0.25) is 0 Å². The molecule has 0 amide bonds. The van der Waals surface area contributed by atoms with Crippen molar-refractivity contribution >= 4 is 28.2 Å². The normalized spacial score (nSPS) is 15.9. The Morgan fingerprint density at radius 2 is 1.74 bits per heavy atom. The predicted molar refractivity (Wildman–Crippen MR) is 127 cm³/mol. The van der Waals surface area contributed by atoms with Gasteiger partial charge < -0.3 is 10.4 Å². The second-order valence-electron chi connectivity index (χ2n) is 8.22. The van der Waals surface area contributed by atoms with Gasteiger partial charge in [-0.25, -0.2) is 0 Å². The van der Waals surface area contributed by atoms with Gasteiger partial charge in [0.15, 0.2) is 0 Å². The lowest BCUT2D eigenvalue weighted by Crippen LogP contribution is -2.21. The fourth-order valence-corrected chi connectivity index (χ4v) is 4.49. The molecule has 0 saturated heterocycles. The third-order valence-corrected chi connectivity index (χ3v) is 6.22. The molecule has 1 aromatic heterocycles. The number of aromatic nitrogens is 1. The van der Waals surface area contributed by atoms with Crippen LogP contribution in [0.2, 0.25) is 5.02 Å². The minimum Gasteiger partial charge on any atom is -0.321 e. The predicted octanol–water partition coefficient (Wildman–Crippen LogP) is 6.23. The van der Waals surface area contributed by atoms with Gasteiger partial charge >= 0.3 is 6.18 Å². The lowest BCUT2D eigenvalue weighted by molar-refractivity contribution is -0.137. The molecule has 172 valence electrons. The summed E-state index contributed by atoms with van der Waals surface area (Å²) in [6.07, 6.45) is -3.53. The summed E-state index contributed by atoms with van der Waals surface area (Å²) < 4.78 is 38.8. The van der Waals surface area contributed by atoms with Gasteiger partial charge in [0, 0.05) is 22.3 Å². The summed E-state index contributed by atoms with van der Waals surface area (Å²) in [5.41, 5.74) is 6.20. The maximum absolute atomic E-state index is 13.2. The second-order valence-corrected chi connectivity index (χ2v) is 8.66. The van der Waals surface area contributed by atoms with Gasteiger partial charge in [0.05, 0.1) is 22.9 Å². The van der Waals surface area contributed by atoms with Gasteiger partial charge in [-0.1, -0.05) is 54.1 Å². The van der Waals surface area contributed by atoms with Crippen LogP contribution in [0.4, 0.5) is 13.2 Å². The Morgan fingerprint density at radius 3 is 2.44 bits per heavy atom. The lowest BCUT2D eigenvalue weighted by atomic mass is 9.91. The molecule has 3 aromatic carbocycles. The van der Waals surface area contributed by atoms with Crippen LogP contribution in [0.25, 0.3) is 10.9 Å². The molecule has 34 heavy (non-hydrogen) atoms. The molecule has 5 rings (SSSR count). The molecular weight excluding hydrogens is 463 g/mol. The van der Waals surface area contributed by atoms with E-state index in [2.05, 4.69) is 15.5 Å². The first-order valence-electron chi connectivity index (χ1n) is 10.7. The highest BCUT2D eigenvalue weighted by molar-refractivity contribution is 6.31. The highest BCUT2D eigenvalue weighted by Gasteiger charge is 2.31. The topological polar surface area (TPSA) is 57.2 Å². The minimum atomic E-state index is -4.39. The Labute approximate surface area is 198 Å². The SMILES string of the molecule is O=c1[nH]c2ccc(Cl)cc2c(Cc2ccccc2)c1C1=NNC(c2ccc(C(F)(F)F)cc2)C1. The minimum absolute atomic E-state index is 0.269. The van der Waals surface area contributed by atoms with E-state index in [1.54, 1.807) is 12.1 Å². The van der Waals surface area contributed by atoms with Gasteiger partial charge in [0.1, 0.15) is 0 Å². The number of pyridine rings is 1. The molecular formula is C26H19ClF3N3O. The summed E-state index contributed by atoms with van der Waals surface area (Å²) in [5, 5.41) is 5.79. The number of hydrogen-bond acceptors (Lipinski definition) is 3. The van der Waals surface area contributed by atoms with E-state index in [1.807, 2.05) is 36.4 Å². The largest absolute Gasteiger partial charge is 0.416 e. The molecule has 2 N–H and O–H groups in total. The monoisotopic (exact) mass is 481 g/mol. The average Bonchev–Trinajstić information content (AvgIpc) is 3.29. The molecule has 0 fully saturated rings. The fourth-order valence-electron chi connectivity index (χ4n) is 4.32. The molecule has 1 aliphatic heterocycles. The lowest BCUT2D eigenvalue weighted by Gasteiger charge is -2.14. The molecule has 1 aliphatic rings. The van der Waals surface area contributed by atoms with Crippen molar-refractivity contribution in [3.63, 3.8) is 0 Å². The number of nitrogens with one attached hydrogen (secondary N) is 2. The summed E-state index contributed by atoms with van der Waals surface area (Å²) in [6, 6.07) is 19.8. The van der Waals surface area contributed by atoms with Crippen LogP contribution in [0.5, 0.6) is 0 Å². The Kier molecular flexibility index (Phi) is 5.65. The van der Waals surface area contributed by atoms with Crippen molar-refractivity contribution in [3.8, 4) is 0 Å². The molecule has 0 spiro atoms. The van der Waals surface area contributed by atoms with Crippen molar-refractivity contribution in [3.05, 3.63) is 116 Å². The van der Waals surface area contributed by atoms with Crippen molar-refractivity contribution in [1.82, 2.24) is 10.4 Å². The number of fused-ring (bicyclic) bond motifs is 1. The molecule has 2 heterocycles. The maximum atomic E-state index is 13.2. The standard InChI is InChI=1S/C26H19ClF3N3O/c27-18-10-11-21-19(13-18)20(12-15-4-2-1-3-5-15)24(25(34)31-21)23-14-22(32-33-23)16-6-8-17(9-7-16)26(28,29)30/h1-11,13,22,32H,12,14H2,(H,31,34). The van der Waals surface area contributed by atoms with E-state index in [4.69, 9.17) is 11.6 Å². The van der Waals surface area contributed by atoms with E-state index in [-0.39, 0.29) is 11.6 Å². The summed E-state index contributed by atoms with van der Waals surface area (Å²) in [6.45, 7) is 0. The number of nitrogens with zero attached hydrogens (tertiary/aromatic N) is 1. The molecule has 1 atom stereocenters. The highest BCUT2D eigenvalue weighted by Crippen LogP contribution is 2.32. The van der Waals surface area contributed by atoms with E-state index in [9.17, 15) is 18.0 Å². The van der Waals surface area contributed by atoms with E-state index in [1.165, 1.54) is 12.1 Å². The fraction of sp³-hybridized carbons (Fsp3) is 0.154. The van der Waals surface area contributed by atoms with E-state index in [0.29, 0.717) is 40.2 Å². The van der Waals surface area contributed by atoms with Crippen LogP contribution in [0.1, 0.15) is 40.3 Å². The smallest absolute Gasteiger partial charge is 0.321 e. The number of rotatable bonds is 4. The van der Waals surface area contributed by atoms with Crippen LogP contribution in [0.3, 0.4) is 0 Å². The number of benzene rings is 3. The average molecular weight is 482 g/mol. The summed E-state index contributed by atoms with van der Waals surface area (Å²) >= 11 is 6.28. The van der Waals surface area contributed by atoms with Crippen LogP contribution >= 0.6 is 11.6 Å². The number of alkyl halides is 3.